The van der Waals surface area contributed by atoms with Crippen LogP contribution >= 0.6 is 0 Å². The standard InChI is InChI=1S/C15H18FNO3/c1-3-15(14(19)20)6-7-17(9-15)13(18)12-5-4-11(16)8-10(12)2/h4-5,8H,3,6-7,9H2,1-2H3,(H,19,20). The summed E-state index contributed by atoms with van der Waals surface area (Å²) < 4.78 is 13.1. The van der Waals surface area contributed by atoms with Crippen molar-refractivity contribution in [3.63, 3.8) is 0 Å². The molecular formula is C15H18FNO3. The molecule has 0 radical (unpaired) electrons. The first-order valence-corrected chi connectivity index (χ1v) is 6.68. The summed E-state index contributed by atoms with van der Waals surface area (Å²) in [6.07, 6.45) is 0.958. The van der Waals surface area contributed by atoms with E-state index in [1.165, 1.54) is 18.2 Å². The molecule has 1 aliphatic rings. The summed E-state index contributed by atoms with van der Waals surface area (Å²) in [5, 5.41) is 9.34. The van der Waals surface area contributed by atoms with Crippen molar-refractivity contribution in [1.29, 1.82) is 0 Å². The van der Waals surface area contributed by atoms with Crippen LogP contribution in [-0.4, -0.2) is 35.0 Å². The molecule has 1 saturated heterocycles. The van der Waals surface area contributed by atoms with Crippen molar-refractivity contribution in [2.45, 2.75) is 26.7 Å². The second-order valence-electron chi connectivity index (χ2n) is 5.37. The third-order valence-electron chi connectivity index (χ3n) is 4.19. The largest absolute Gasteiger partial charge is 0.481 e. The molecule has 1 heterocycles. The van der Waals surface area contributed by atoms with Gasteiger partial charge in [0.25, 0.3) is 5.91 Å². The number of hydrogen-bond donors (Lipinski definition) is 1. The minimum absolute atomic E-state index is 0.217. The number of carboxylic acids is 1. The summed E-state index contributed by atoms with van der Waals surface area (Å²) >= 11 is 0. The summed E-state index contributed by atoms with van der Waals surface area (Å²) in [4.78, 5) is 25.4. The molecule has 1 aromatic carbocycles. The number of carbonyl (C=O) groups is 2. The number of carbonyl (C=O) groups excluding carboxylic acids is 1. The number of hydrogen-bond acceptors (Lipinski definition) is 2. The van der Waals surface area contributed by atoms with Gasteiger partial charge in [-0.05, 0) is 43.5 Å². The molecule has 108 valence electrons. The molecule has 1 amide bonds. The molecule has 0 spiro atoms. The highest BCUT2D eigenvalue weighted by atomic mass is 19.1. The highest BCUT2D eigenvalue weighted by molar-refractivity contribution is 5.96. The van der Waals surface area contributed by atoms with Crippen LogP contribution in [0.3, 0.4) is 0 Å². The van der Waals surface area contributed by atoms with Crippen LogP contribution in [0.2, 0.25) is 0 Å². The molecule has 1 fully saturated rings. The van der Waals surface area contributed by atoms with Crippen LogP contribution in [0.4, 0.5) is 4.39 Å². The number of aliphatic carboxylic acids is 1. The van der Waals surface area contributed by atoms with E-state index in [1.54, 1.807) is 11.8 Å². The van der Waals surface area contributed by atoms with Crippen LogP contribution in [0.5, 0.6) is 0 Å². The third-order valence-corrected chi connectivity index (χ3v) is 4.19. The van der Waals surface area contributed by atoms with Crippen molar-refractivity contribution in [1.82, 2.24) is 4.90 Å². The third kappa shape index (κ3) is 2.40. The van der Waals surface area contributed by atoms with Gasteiger partial charge in [-0.15, -0.1) is 0 Å². The minimum atomic E-state index is -0.855. The van der Waals surface area contributed by atoms with E-state index in [-0.39, 0.29) is 18.3 Å². The topological polar surface area (TPSA) is 57.6 Å². The maximum absolute atomic E-state index is 13.1. The molecule has 2 rings (SSSR count). The predicted octanol–water partition coefficient (Wildman–Crippen LogP) is 2.46. The van der Waals surface area contributed by atoms with Crippen molar-refractivity contribution < 1.29 is 19.1 Å². The van der Waals surface area contributed by atoms with Crippen LogP contribution in [-0.2, 0) is 4.79 Å². The first-order chi connectivity index (χ1) is 9.39. The summed E-state index contributed by atoms with van der Waals surface area (Å²) in [6, 6.07) is 4.02. The number of amides is 1. The quantitative estimate of drug-likeness (QED) is 0.924. The molecule has 0 aliphatic carbocycles. The van der Waals surface area contributed by atoms with Crippen LogP contribution in [0, 0.1) is 18.2 Å². The molecule has 0 saturated carbocycles. The van der Waals surface area contributed by atoms with E-state index < -0.39 is 11.4 Å². The minimum Gasteiger partial charge on any atom is -0.481 e. The van der Waals surface area contributed by atoms with Gasteiger partial charge in [-0.3, -0.25) is 9.59 Å². The Bertz CT molecular complexity index is 558. The lowest BCUT2D eigenvalue weighted by atomic mass is 9.84. The monoisotopic (exact) mass is 279 g/mol. The fourth-order valence-corrected chi connectivity index (χ4v) is 2.70. The second kappa shape index (κ2) is 5.23. The molecule has 5 heteroatoms. The maximum atomic E-state index is 13.1. The van der Waals surface area contributed by atoms with Crippen LogP contribution in [0.15, 0.2) is 18.2 Å². The number of rotatable bonds is 3. The number of likely N-dealkylation sites (tertiary alicyclic amines) is 1. The summed E-state index contributed by atoms with van der Waals surface area (Å²) in [6.45, 7) is 4.15. The van der Waals surface area contributed by atoms with E-state index >= 15 is 0 Å². The Morgan fingerprint density at radius 3 is 2.65 bits per heavy atom. The Balaban J connectivity index is 2.21. The Labute approximate surface area is 117 Å². The first kappa shape index (κ1) is 14.5. The maximum Gasteiger partial charge on any atom is 0.311 e. The van der Waals surface area contributed by atoms with Gasteiger partial charge in [-0.25, -0.2) is 4.39 Å². The van der Waals surface area contributed by atoms with E-state index in [9.17, 15) is 19.1 Å². The fraction of sp³-hybridized carbons (Fsp3) is 0.467. The SMILES string of the molecule is CCC1(C(=O)O)CCN(C(=O)c2ccc(F)cc2C)C1. The normalized spacial score (nSPS) is 22.1. The molecule has 20 heavy (non-hydrogen) atoms. The van der Waals surface area contributed by atoms with Crippen LogP contribution in [0.25, 0.3) is 0 Å². The summed E-state index contributed by atoms with van der Waals surface area (Å²) in [5.41, 5.74) is 0.159. The van der Waals surface area contributed by atoms with Crippen LogP contribution < -0.4 is 0 Å². The number of halogens is 1. The van der Waals surface area contributed by atoms with E-state index in [1.807, 2.05) is 6.92 Å². The van der Waals surface area contributed by atoms with Crippen molar-refractivity contribution in [2.75, 3.05) is 13.1 Å². The molecular weight excluding hydrogens is 261 g/mol. The highest BCUT2D eigenvalue weighted by Crippen LogP contribution is 2.35. The Hall–Kier alpha value is -1.91. The Morgan fingerprint density at radius 1 is 1.45 bits per heavy atom. The van der Waals surface area contributed by atoms with Gasteiger partial charge in [-0.2, -0.15) is 0 Å². The van der Waals surface area contributed by atoms with Crippen LogP contribution in [0.1, 0.15) is 35.7 Å². The van der Waals surface area contributed by atoms with E-state index in [0.29, 0.717) is 30.5 Å². The lowest BCUT2D eigenvalue weighted by molar-refractivity contribution is -0.148. The lowest BCUT2D eigenvalue weighted by Crippen LogP contribution is -2.36. The van der Waals surface area contributed by atoms with Gasteiger partial charge in [-0.1, -0.05) is 6.92 Å². The average Bonchev–Trinajstić information content (AvgIpc) is 2.83. The van der Waals surface area contributed by atoms with Crippen molar-refractivity contribution in [3.05, 3.63) is 35.1 Å². The zero-order valence-corrected chi connectivity index (χ0v) is 11.6. The van der Waals surface area contributed by atoms with E-state index in [4.69, 9.17) is 0 Å². The van der Waals surface area contributed by atoms with E-state index in [2.05, 4.69) is 0 Å². The van der Waals surface area contributed by atoms with Gasteiger partial charge >= 0.3 is 5.97 Å². The highest BCUT2D eigenvalue weighted by Gasteiger charge is 2.44. The molecule has 1 N–H and O–H groups in total. The number of carboxylic acid groups (broad SMARTS) is 1. The van der Waals surface area contributed by atoms with Crippen molar-refractivity contribution >= 4 is 11.9 Å². The molecule has 4 nitrogen and oxygen atoms in total. The molecule has 1 aromatic rings. The first-order valence-electron chi connectivity index (χ1n) is 6.68. The van der Waals surface area contributed by atoms with Crippen molar-refractivity contribution in [2.24, 2.45) is 5.41 Å². The van der Waals surface area contributed by atoms with Gasteiger partial charge in [0.1, 0.15) is 5.82 Å². The molecule has 1 atom stereocenters. The number of benzene rings is 1. The van der Waals surface area contributed by atoms with Gasteiger partial charge in [0.15, 0.2) is 0 Å². The zero-order chi connectivity index (χ0) is 14.9. The van der Waals surface area contributed by atoms with Gasteiger partial charge in [0.05, 0.1) is 5.41 Å². The number of nitrogens with zero attached hydrogens (tertiary/aromatic N) is 1. The fourth-order valence-electron chi connectivity index (χ4n) is 2.70. The van der Waals surface area contributed by atoms with Gasteiger partial charge < -0.3 is 10.0 Å². The molecule has 0 aromatic heterocycles. The Kier molecular flexibility index (Phi) is 3.79. The van der Waals surface area contributed by atoms with Gasteiger partial charge in [0, 0.05) is 18.7 Å². The Morgan fingerprint density at radius 2 is 2.15 bits per heavy atom. The number of aryl methyl sites for hydroxylation is 1. The predicted molar refractivity (Wildman–Crippen MR) is 72.0 cm³/mol. The summed E-state index contributed by atoms with van der Waals surface area (Å²) in [7, 11) is 0. The van der Waals surface area contributed by atoms with Crippen molar-refractivity contribution in [3.8, 4) is 0 Å². The molecule has 0 bridgehead atoms. The molecule has 1 aliphatic heterocycles. The van der Waals surface area contributed by atoms with Gasteiger partial charge in [0.2, 0.25) is 0 Å². The molecule has 1 unspecified atom stereocenters. The average molecular weight is 279 g/mol. The van der Waals surface area contributed by atoms with E-state index in [0.717, 1.165) is 0 Å². The zero-order valence-electron chi connectivity index (χ0n) is 11.6. The lowest BCUT2D eigenvalue weighted by Gasteiger charge is -2.23. The summed E-state index contributed by atoms with van der Waals surface area (Å²) in [5.74, 6) is -1.46. The second-order valence-corrected chi connectivity index (χ2v) is 5.37. The smallest absolute Gasteiger partial charge is 0.311 e.